The van der Waals surface area contributed by atoms with Crippen LogP contribution in [0.15, 0.2) is 35.5 Å². The van der Waals surface area contributed by atoms with Gasteiger partial charge in [0.25, 0.3) is 0 Å². The van der Waals surface area contributed by atoms with Gasteiger partial charge in [-0.25, -0.2) is 4.79 Å². The SMILES string of the molecule is CC1=CC[C@@]23CC[C@@H]([C@]2(O)CC1)[C@](C)(C=CC=C(C)C(=O)O)OC3=O. The molecule has 1 saturated heterocycles. The molecular formula is C20H26O5. The number of cyclic esters (lactones) is 1. The highest BCUT2D eigenvalue weighted by atomic mass is 16.6. The fourth-order valence-corrected chi connectivity index (χ4v) is 4.81. The number of carbonyl (C=O) groups is 2. The fraction of sp³-hybridized carbons (Fsp3) is 0.600. The van der Waals surface area contributed by atoms with Crippen LogP contribution in [0.4, 0.5) is 0 Å². The molecule has 1 aliphatic heterocycles. The maximum Gasteiger partial charge on any atom is 0.331 e. The second-order valence-corrected chi connectivity index (χ2v) is 7.94. The van der Waals surface area contributed by atoms with Gasteiger partial charge in [-0.15, -0.1) is 0 Å². The monoisotopic (exact) mass is 346 g/mol. The number of hydrogen-bond donors (Lipinski definition) is 2. The lowest BCUT2D eigenvalue weighted by molar-refractivity contribution is -0.224. The summed E-state index contributed by atoms with van der Waals surface area (Å²) in [5.41, 5.74) is -1.44. The molecule has 0 aromatic rings. The molecule has 0 aromatic heterocycles. The zero-order valence-electron chi connectivity index (χ0n) is 15.0. The van der Waals surface area contributed by atoms with Crippen molar-refractivity contribution in [1.29, 1.82) is 0 Å². The average Bonchev–Trinajstić information content (AvgIpc) is 2.69. The third kappa shape index (κ3) is 2.56. The first-order chi connectivity index (χ1) is 11.6. The molecule has 5 nitrogen and oxygen atoms in total. The van der Waals surface area contributed by atoms with Gasteiger partial charge in [0.05, 0.1) is 5.60 Å². The number of rotatable bonds is 3. The third-order valence-corrected chi connectivity index (χ3v) is 6.47. The zero-order chi connectivity index (χ0) is 18.5. The van der Waals surface area contributed by atoms with Crippen LogP contribution in [0.25, 0.3) is 0 Å². The summed E-state index contributed by atoms with van der Waals surface area (Å²) in [6.45, 7) is 5.36. The van der Waals surface area contributed by atoms with Crippen LogP contribution < -0.4 is 0 Å². The van der Waals surface area contributed by atoms with E-state index >= 15 is 0 Å². The van der Waals surface area contributed by atoms with E-state index < -0.39 is 22.6 Å². The first-order valence-corrected chi connectivity index (χ1v) is 8.85. The molecule has 136 valence electrons. The minimum Gasteiger partial charge on any atom is -0.478 e. The van der Waals surface area contributed by atoms with Crippen molar-refractivity contribution in [3.63, 3.8) is 0 Å². The number of aliphatic hydroxyl groups is 1. The maximum absolute atomic E-state index is 12.9. The number of carboxylic acid groups (broad SMARTS) is 1. The Morgan fingerprint density at radius 2 is 2.12 bits per heavy atom. The largest absolute Gasteiger partial charge is 0.478 e. The van der Waals surface area contributed by atoms with Crippen LogP contribution in [0.5, 0.6) is 0 Å². The summed E-state index contributed by atoms with van der Waals surface area (Å²) in [5.74, 6) is -1.51. The van der Waals surface area contributed by atoms with E-state index in [4.69, 9.17) is 9.84 Å². The molecule has 2 N–H and O–H groups in total. The van der Waals surface area contributed by atoms with Crippen molar-refractivity contribution in [3.8, 4) is 0 Å². The molecule has 3 rings (SSSR count). The Labute approximate surface area is 148 Å². The minimum atomic E-state index is -1.08. The van der Waals surface area contributed by atoms with Crippen molar-refractivity contribution in [3.05, 3.63) is 35.5 Å². The Bertz CT molecular complexity index is 703. The average molecular weight is 346 g/mol. The highest BCUT2D eigenvalue weighted by Gasteiger charge is 2.71. The fourth-order valence-electron chi connectivity index (χ4n) is 4.81. The molecule has 4 atom stereocenters. The molecule has 0 spiro atoms. The number of allylic oxidation sites excluding steroid dienone is 4. The Hall–Kier alpha value is -1.88. The molecular weight excluding hydrogens is 320 g/mol. The third-order valence-electron chi connectivity index (χ3n) is 6.47. The molecule has 2 aliphatic carbocycles. The van der Waals surface area contributed by atoms with Crippen molar-refractivity contribution in [2.75, 3.05) is 0 Å². The molecule has 0 radical (unpaired) electrons. The van der Waals surface area contributed by atoms with Gasteiger partial charge in [-0.2, -0.15) is 0 Å². The molecule has 25 heavy (non-hydrogen) atoms. The van der Waals surface area contributed by atoms with Crippen molar-refractivity contribution in [2.24, 2.45) is 11.3 Å². The number of carbonyl (C=O) groups excluding carboxylic acids is 1. The van der Waals surface area contributed by atoms with Crippen LogP contribution in [-0.4, -0.2) is 33.4 Å². The lowest BCUT2D eigenvalue weighted by Gasteiger charge is -2.52. The normalized spacial score (nSPS) is 41.1. The number of ether oxygens (including phenoxy) is 1. The highest BCUT2D eigenvalue weighted by molar-refractivity contribution is 5.86. The molecule has 3 aliphatic rings. The molecule has 1 heterocycles. The summed E-state index contributed by atoms with van der Waals surface area (Å²) in [4.78, 5) is 23.9. The number of aliphatic carboxylic acids is 1. The van der Waals surface area contributed by atoms with Crippen molar-refractivity contribution in [2.45, 2.75) is 64.1 Å². The molecule has 2 bridgehead atoms. The Morgan fingerprint density at radius 3 is 2.80 bits per heavy atom. The molecule has 0 unspecified atom stereocenters. The number of carboxylic acids is 1. The summed E-state index contributed by atoms with van der Waals surface area (Å²) >= 11 is 0. The summed E-state index contributed by atoms with van der Waals surface area (Å²) in [6, 6.07) is 0. The maximum atomic E-state index is 12.9. The second-order valence-electron chi connectivity index (χ2n) is 7.94. The minimum absolute atomic E-state index is 0.188. The smallest absolute Gasteiger partial charge is 0.331 e. The van der Waals surface area contributed by atoms with Crippen LogP contribution in [0, 0.1) is 11.3 Å². The van der Waals surface area contributed by atoms with E-state index in [1.807, 2.05) is 13.8 Å². The quantitative estimate of drug-likeness (QED) is 0.355. The van der Waals surface area contributed by atoms with E-state index in [0.29, 0.717) is 19.3 Å². The van der Waals surface area contributed by atoms with Crippen LogP contribution >= 0.6 is 0 Å². The van der Waals surface area contributed by atoms with Crippen molar-refractivity contribution in [1.82, 2.24) is 0 Å². The van der Waals surface area contributed by atoms with E-state index in [0.717, 1.165) is 12.8 Å². The summed E-state index contributed by atoms with van der Waals surface area (Å²) in [6.07, 6.45) is 10.1. The molecule has 5 heteroatoms. The Morgan fingerprint density at radius 1 is 1.40 bits per heavy atom. The predicted octanol–water partition coefficient (Wildman–Crippen LogP) is 3.15. The van der Waals surface area contributed by atoms with Gasteiger partial charge in [0.1, 0.15) is 11.0 Å². The van der Waals surface area contributed by atoms with Gasteiger partial charge in [0.2, 0.25) is 0 Å². The van der Waals surface area contributed by atoms with Gasteiger partial charge >= 0.3 is 11.9 Å². The van der Waals surface area contributed by atoms with Crippen molar-refractivity contribution < 1.29 is 24.5 Å². The lowest BCUT2D eigenvalue weighted by Crippen LogP contribution is -2.63. The second kappa shape index (κ2) is 5.84. The van der Waals surface area contributed by atoms with Gasteiger partial charge < -0.3 is 14.9 Å². The van der Waals surface area contributed by atoms with Crippen LogP contribution in [0.1, 0.15) is 52.9 Å². The first-order valence-electron chi connectivity index (χ1n) is 8.85. The van der Waals surface area contributed by atoms with Crippen molar-refractivity contribution >= 4 is 11.9 Å². The number of esters is 1. The van der Waals surface area contributed by atoms with E-state index in [1.165, 1.54) is 18.6 Å². The molecule has 0 aromatic carbocycles. The van der Waals surface area contributed by atoms with Gasteiger partial charge in [-0.3, -0.25) is 4.79 Å². The van der Waals surface area contributed by atoms with E-state index in [9.17, 15) is 14.7 Å². The van der Waals surface area contributed by atoms with E-state index in [2.05, 4.69) is 6.08 Å². The van der Waals surface area contributed by atoms with Gasteiger partial charge in [-0.1, -0.05) is 23.8 Å². The molecule has 0 amide bonds. The van der Waals surface area contributed by atoms with Crippen LogP contribution in [0.3, 0.4) is 0 Å². The Balaban J connectivity index is 1.97. The van der Waals surface area contributed by atoms with Gasteiger partial charge in [-0.05, 0) is 59.0 Å². The summed E-state index contributed by atoms with van der Waals surface area (Å²) < 4.78 is 5.83. The van der Waals surface area contributed by atoms with Crippen LogP contribution in [-0.2, 0) is 14.3 Å². The van der Waals surface area contributed by atoms with Crippen LogP contribution in [0.2, 0.25) is 0 Å². The van der Waals surface area contributed by atoms with Gasteiger partial charge in [0, 0.05) is 11.5 Å². The molecule has 2 fully saturated rings. The Kier molecular flexibility index (Phi) is 4.18. The summed E-state index contributed by atoms with van der Waals surface area (Å²) in [7, 11) is 0. The summed E-state index contributed by atoms with van der Waals surface area (Å²) in [5, 5.41) is 20.6. The predicted molar refractivity (Wildman–Crippen MR) is 92.7 cm³/mol. The standard InChI is InChI=1S/C20H26O5/c1-13-6-10-19-11-8-15(20(19,24)12-7-13)18(3,25-17(19)23)9-4-5-14(2)16(21)22/h4-6,9,15,24H,7-8,10-12H2,1-3H3,(H,21,22)/t15-,18+,19+,20-/m1/s1. The number of hydrogen-bond acceptors (Lipinski definition) is 4. The first kappa shape index (κ1) is 17.9. The van der Waals surface area contributed by atoms with E-state index in [-0.39, 0.29) is 17.5 Å². The van der Waals surface area contributed by atoms with E-state index in [1.54, 1.807) is 12.2 Å². The highest BCUT2D eigenvalue weighted by Crippen LogP contribution is 2.63. The molecule has 1 saturated carbocycles. The lowest BCUT2D eigenvalue weighted by atomic mass is 9.62. The zero-order valence-corrected chi connectivity index (χ0v) is 15.0. The van der Waals surface area contributed by atoms with Gasteiger partial charge in [0.15, 0.2) is 0 Å². The topological polar surface area (TPSA) is 83.8 Å².